The molecule has 0 amide bonds. The third-order valence-electron chi connectivity index (χ3n) is 6.02. The lowest BCUT2D eigenvalue weighted by molar-refractivity contribution is 0.275. The molecule has 2 aliphatic heterocycles. The number of rotatable bonds is 3. The van der Waals surface area contributed by atoms with Crippen molar-refractivity contribution in [2.75, 3.05) is 13.1 Å². The number of pyridine rings is 1. The van der Waals surface area contributed by atoms with E-state index in [4.69, 9.17) is 0 Å². The molecule has 0 bridgehead atoms. The zero-order chi connectivity index (χ0) is 19.3. The number of nitrogens with zero attached hydrogens (tertiary/aromatic N) is 3. The van der Waals surface area contributed by atoms with E-state index in [9.17, 15) is 8.42 Å². The fraction of sp³-hybridized carbons (Fsp3) is 0.318. The predicted molar refractivity (Wildman–Crippen MR) is 111 cm³/mol. The van der Waals surface area contributed by atoms with Gasteiger partial charge in [-0.1, -0.05) is 23.8 Å². The van der Waals surface area contributed by atoms with Crippen LogP contribution in [-0.2, 0) is 10.0 Å². The molecule has 6 heteroatoms. The predicted octanol–water partition coefficient (Wildman–Crippen LogP) is 3.83. The van der Waals surface area contributed by atoms with Crippen LogP contribution in [0.3, 0.4) is 0 Å². The van der Waals surface area contributed by atoms with Crippen molar-refractivity contribution in [3.63, 3.8) is 0 Å². The van der Waals surface area contributed by atoms with Crippen molar-refractivity contribution < 1.29 is 8.42 Å². The van der Waals surface area contributed by atoms with Gasteiger partial charge in [-0.25, -0.2) is 12.4 Å². The number of fused-ring (bicyclic) bond motifs is 2. The first-order valence-corrected chi connectivity index (χ1v) is 11.2. The number of aromatic nitrogens is 2. The van der Waals surface area contributed by atoms with Crippen LogP contribution in [0.2, 0.25) is 0 Å². The number of hydrogen-bond acceptors (Lipinski definition) is 4. The minimum atomic E-state index is -3.67. The maximum absolute atomic E-state index is 13.4. The van der Waals surface area contributed by atoms with Crippen molar-refractivity contribution in [2.45, 2.75) is 37.1 Å². The Bertz CT molecular complexity index is 1180. The first-order chi connectivity index (χ1) is 13.5. The van der Waals surface area contributed by atoms with Crippen LogP contribution in [0.4, 0.5) is 0 Å². The average molecular weight is 394 g/mol. The Kier molecular flexibility index (Phi) is 4.14. The van der Waals surface area contributed by atoms with Crippen molar-refractivity contribution in [3.8, 4) is 0 Å². The topological polar surface area (TPSA) is 55.2 Å². The fourth-order valence-corrected chi connectivity index (χ4v) is 5.84. The quantitative estimate of drug-likeness (QED) is 0.679. The Balaban J connectivity index is 1.64. The molecule has 0 aliphatic carbocycles. The normalized spacial score (nSPS) is 20.3. The minimum Gasteiger partial charge on any atom is -0.296 e. The second-order valence-electron chi connectivity index (χ2n) is 7.77. The highest BCUT2D eigenvalue weighted by molar-refractivity contribution is 7.90. The molecule has 2 aliphatic rings. The zero-order valence-corrected chi connectivity index (χ0v) is 16.7. The van der Waals surface area contributed by atoms with Gasteiger partial charge >= 0.3 is 0 Å². The summed E-state index contributed by atoms with van der Waals surface area (Å²) in [4.78, 5) is 7.09. The molecule has 28 heavy (non-hydrogen) atoms. The lowest BCUT2D eigenvalue weighted by atomic mass is 9.94. The molecule has 5 rings (SSSR count). The molecular formula is C22H23N3O2S. The lowest BCUT2D eigenvalue weighted by Crippen LogP contribution is -2.32. The van der Waals surface area contributed by atoms with Gasteiger partial charge < -0.3 is 0 Å². The van der Waals surface area contributed by atoms with E-state index in [1.54, 1.807) is 36.8 Å². The molecule has 1 aromatic carbocycles. The summed E-state index contributed by atoms with van der Waals surface area (Å²) in [6.45, 7) is 4.06. The Hall–Kier alpha value is -2.44. The molecule has 0 radical (unpaired) electrons. The SMILES string of the molecule is Cc1ccc(S(=O)(=O)n2cc(C3=CCN4CCCC4C3)c3cnccc32)cc1. The molecule has 0 N–H and O–H groups in total. The number of aryl methyl sites for hydroxylation is 1. The van der Waals surface area contributed by atoms with Crippen molar-refractivity contribution in [2.24, 2.45) is 0 Å². The molecule has 0 saturated carbocycles. The molecule has 2 aromatic heterocycles. The second-order valence-corrected chi connectivity index (χ2v) is 9.59. The van der Waals surface area contributed by atoms with E-state index >= 15 is 0 Å². The molecule has 1 fully saturated rings. The second kappa shape index (κ2) is 6.57. The molecule has 1 unspecified atom stereocenters. The van der Waals surface area contributed by atoms with Crippen LogP contribution in [-0.4, -0.2) is 41.4 Å². The lowest BCUT2D eigenvalue weighted by Gasteiger charge is -2.29. The van der Waals surface area contributed by atoms with Crippen LogP contribution in [0, 0.1) is 6.92 Å². The van der Waals surface area contributed by atoms with Gasteiger partial charge in [-0.3, -0.25) is 9.88 Å². The van der Waals surface area contributed by atoms with Crippen molar-refractivity contribution in [1.82, 2.24) is 13.9 Å². The van der Waals surface area contributed by atoms with Crippen molar-refractivity contribution >= 4 is 26.5 Å². The van der Waals surface area contributed by atoms with E-state index < -0.39 is 10.0 Å². The highest BCUT2D eigenvalue weighted by Crippen LogP contribution is 2.36. The maximum atomic E-state index is 13.4. The van der Waals surface area contributed by atoms with Gasteiger partial charge in [0.25, 0.3) is 10.0 Å². The fourth-order valence-electron chi connectivity index (χ4n) is 4.47. The summed E-state index contributed by atoms with van der Waals surface area (Å²) in [7, 11) is -3.67. The largest absolute Gasteiger partial charge is 0.296 e. The maximum Gasteiger partial charge on any atom is 0.268 e. The highest BCUT2D eigenvalue weighted by atomic mass is 32.2. The number of hydrogen-bond donors (Lipinski definition) is 0. The summed E-state index contributed by atoms with van der Waals surface area (Å²) in [6, 6.07) is 9.37. The summed E-state index contributed by atoms with van der Waals surface area (Å²) in [5.74, 6) is 0. The monoisotopic (exact) mass is 393 g/mol. The summed E-state index contributed by atoms with van der Waals surface area (Å²) >= 11 is 0. The van der Waals surface area contributed by atoms with E-state index in [1.165, 1.54) is 28.9 Å². The van der Waals surface area contributed by atoms with Gasteiger partial charge in [-0.2, -0.15) is 0 Å². The Morgan fingerprint density at radius 2 is 1.96 bits per heavy atom. The molecule has 3 aromatic rings. The molecule has 144 valence electrons. The van der Waals surface area contributed by atoms with Crippen molar-refractivity contribution in [1.29, 1.82) is 0 Å². The molecule has 5 nitrogen and oxygen atoms in total. The Morgan fingerprint density at radius 3 is 2.79 bits per heavy atom. The average Bonchev–Trinajstić information content (AvgIpc) is 3.32. The standard InChI is InChI=1S/C22H23N3O2S/c1-16-4-6-19(7-5-16)28(26,27)25-15-21(20-14-23-10-8-22(20)25)17-9-12-24-11-2-3-18(24)13-17/h4-10,14-15,18H,2-3,11-13H2,1H3. The first kappa shape index (κ1) is 17.6. The Labute approximate surface area is 165 Å². The third kappa shape index (κ3) is 2.79. The molecular weight excluding hydrogens is 370 g/mol. The first-order valence-electron chi connectivity index (χ1n) is 9.75. The van der Waals surface area contributed by atoms with E-state index in [-0.39, 0.29) is 0 Å². The van der Waals surface area contributed by atoms with Gasteiger partial charge in [0.1, 0.15) is 0 Å². The molecule has 4 heterocycles. The zero-order valence-electron chi connectivity index (χ0n) is 15.9. The van der Waals surface area contributed by atoms with Gasteiger partial charge in [-0.05, 0) is 56.5 Å². The summed E-state index contributed by atoms with van der Waals surface area (Å²) in [5.41, 5.74) is 3.94. The van der Waals surface area contributed by atoms with Gasteiger partial charge in [-0.15, -0.1) is 0 Å². The van der Waals surface area contributed by atoms with E-state index in [0.29, 0.717) is 16.5 Å². The number of benzene rings is 1. The highest BCUT2D eigenvalue weighted by Gasteiger charge is 2.30. The third-order valence-corrected chi connectivity index (χ3v) is 7.71. The van der Waals surface area contributed by atoms with Crippen LogP contribution >= 0.6 is 0 Å². The van der Waals surface area contributed by atoms with Crippen LogP contribution < -0.4 is 0 Å². The minimum absolute atomic E-state index is 0.304. The molecule has 1 saturated heterocycles. The summed E-state index contributed by atoms with van der Waals surface area (Å²) in [6.07, 6.45) is 10.9. The van der Waals surface area contributed by atoms with Gasteiger partial charge in [0.2, 0.25) is 0 Å². The van der Waals surface area contributed by atoms with E-state index in [1.807, 2.05) is 19.1 Å². The Morgan fingerprint density at radius 1 is 1.14 bits per heavy atom. The van der Waals surface area contributed by atoms with Gasteiger partial charge in [0.15, 0.2) is 0 Å². The van der Waals surface area contributed by atoms with Gasteiger partial charge in [0.05, 0.1) is 10.4 Å². The smallest absolute Gasteiger partial charge is 0.268 e. The van der Waals surface area contributed by atoms with Crippen LogP contribution in [0.1, 0.15) is 30.4 Å². The van der Waals surface area contributed by atoms with Crippen molar-refractivity contribution in [3.05, 3.63) is 66.1 Å². The summed E-state index contributed by atoms with van der Waals surface area (Å²) < 4.78 is 28.1. The van der Waals surface area contributed by atoms with Crippen LogP contribution in [0.15, 0.2) is 59.9 Å². The van der Waals surface area contributed by atoms with Gasteiger partial charge in [0, 0.05) is 42.1 Å². The molecule has 0 spiro atoms. The molecule has 1 atom stereocenters. The van der Waals surface area contributed by atoms with Crippen LogP contribution in [0.5, 0.6) is 0 Å². The summed E-state index contributed by atoms with van der Waals surface area (Å²) in [5, 5.41) is 0.899. The van der Waals surface area contributed by atoms with E-state index in [2.05, 4.69) is 16.0 Å². The van der Waals surface area contributed by atoms with Crippen LogP contribution in [0.25, 0.3) is 16.5 Å². The van der Waals surface area contributed by atoms with E-state index in [0.717, 1.165) is 29.5 Å².